The first-order chi connectivity index (χ1) is 22.2. The van der Waals surface area contributed by atoms with Crippen LogP contribution in [0.4, 0.5) is 0 Å². The molecule has 0 saturated heterocycles. The summed E-state index contributed by atoms with van der Waals surface area (Å²) in [5.41, 5.74) is 2.24. The van der Waals surface area contributed by atoms with Gasteiger partial charge in [-0.1, -0.05) is 55.1 Å². The molecule has 0 aromatic heterocycles. The Labute approximate surface area is 273 Å². The Morgan fingerprint density at radius 1 is 0.574 bits per heavy atom. The molecule has 8 nitrogen and oxygen atoms in total. The van der Waals surface area contributed by atoms with Crippen LogP contribution in [0.2, 0.25) is 0 Å². The largest absolute Gasteiger partial charge is 0.508 e. The number of phenols is 4. The fraction of sp³-hybridized carbons (Fsp3) is 0.158. The van der Waals surface area contributed by atoms with Gasteiger partial charge in [0, 0.05) is 16.7 Å². The molecule has 8 N–H and O–H groups in total. The molecule has 0 aliphatic rings. The molecule has 5 rings (SSSR count). The number of allylic oxidation sites excluding steroid dienone is 1. The third-order valence-electron chi connectivity index (χ3n) is 9.13. The number of hydrogen-bond acceptors (Lipinski definition) is 8. The zero-order valence-corrected chi connectivity index (χ0v) is 26.7. The monoisotopic (exact) mass is 630 g/mol. The van der Waals surface area contributed by atoms with Crippen LogP contribution in [0.3, 0.4) is 0 Å². The van der Waals surface area contributed by atoms with Crippen molar-refractivity contribution < 1.29 is 40.9 Å². The van der Waals surface area contributed by atoms with Crippen molar-refractivity contribution in [3.63, 3.8) is 0 Å². The van der Waals surface area contributed by atoms with Crippen molar-refractivity contribution in [1.29, 1.82) is 0 Å². The van der Waals surface area contributed by atoms with Gasteiger partial charge in [0.15, 0.2) is 11.5 Å². The fourth-order valence-corrected chi connectivity index (χ4v) is 6.47. The first-order valence-corrected chi connectivity index (χ1v) is 14.8. The topological polar surface area (TPSA) is 162 Å². The van der Waals surface area contributed by atoms with E-state index in [0.29, 0.717) is 54.9 Å². The zero-order chi connectivity index (χ0) is 34.6. The van der Waals surface area contributed by atoms with Gasteiger partial charge in [-0.05, 0) is 101 Å². The molecule has 47 heavy (non-hydrogen) atoms. The van der Waals surface area contributed by atoms with E-state index in [1.807, 2.05) is 24.3 Å². The van der Waals surface area contributed by atoms with Gasteiger partial charge in [0.05, 0.1) is 12.2 Å². The molecule has 0 aliphatic carbocycles. The molecule has 2 radical (unpaired) electrons. The van der Waals surface area contributed by atoms with Crippen molar-refractivity contribution in [3.05, 3.63) is 111 Å². The molecule has 0 bridgehead atoms. The average molecular weight is 631 g/mol. The van der Waals surface area contributed by atoms with E-state index in [1.54, 1.807) is 45.0 Å². The molecule has 0 amide bonds. The lowest BCUT2D eigenvalue weighted by molar-refractivity contribution is 0.311. The van der Waals surface area contributed by atoms with E-state index in [4.69, 9.17) is 7.85 Å². The van der Waals surface area contributed by atoms with Crippen LogP contribution in [-0.2, 0) is 0 Å². The van der Waals surface area contributed by atoms with Crippen LogP contribution in [0.1, 0.15) is 38.9 Å². The van der Waals surface area contributed by atoms with Gasteiger partial charge in [-0.25, -0.2) is 0 Å². The second kappa shape index (κ2) is 12.0. The lowest BCUT2D eigenvalue weighted by atomic mass is 9.80. The summed E-state index contributed by atoms with van der Waals surface area (Å²) in [5, 5.41) is 90.6. The van der Waals surface area contributed by atoms with E-state index < -0.39 is 35.2 Å². The predicted octanol–water partition coefficient (Wildman–Crippen LogP) is 7.12. The van der Waals surface area contributed by atoms with Crippen molar-refractivity contribution in [2.24, 2.45) is 0 Å². The van der Waals surface area contributed by atoms with E-state index >= 15 is 0 Å². The molecule has 5 aromatic carbocycles. The van der Waals surface area contributed by atoms with Crippen molar-refractivity contribution in [1.82, 2.24) is 0 Å². The van der Waals surface area contributed by atoms with Crippen LogP contribution >= 0.6 is 0 Å². The first-order valence-electron chi connectivity index (χ1n) is 14.8. The fourth-order valence-electron chi connectivity index (χ4n) is 6.47. The lowest BCUT2D eigenvalue weighted by Crippen LogP contribution is -2.16. The lowest BCUT2D eigenvalue weighted by Gasteiger charge is -2.23. The van der Waals surface area contributed by atoms with Crippen LogP contribution < -0.4 is 5.46 Å². The van der Waals surface area contributed by atoms with Gasteiger partial charge in [0.1, 0.15) is 36.6 Å². The molecular weight excluding hydrogens is 595 g/mol. The van der Waals surface area contributed by atoms with Gasteiger partial charge in [-0.3, -0.25) is 0 Å². The maximum atomic E-state index is 11.7. The summed E-state index contributed by atoms with van der Waals surface area (Å²) in [6.07, 6.45) is 0. The second-order valence-corrected chi connectivity index (χ2v) is 11.7. The minimum Gasteiger partial charge on any atom is -0.508 e. The SMILES string of the molecule is [B]c1c(O)c(C)c(C)c(O)c1/C(C(=C)O)=C(O)/C(O)=C(\CO)c1c2ccccc2c(-c2c(C)c(O)c(C)c(O)c2C)c2ccccc12. The molecular formula is C38H35BO8. The predicted molar refractivity (Wildman–Crippen MR) is 187 cm³/mol. The standard InChI is InChI=1S/C38H35BO8/c1-16-17(2)36(45)32(39)31(35(16)44)28(21(6)41)38(47)37(46)26(15-40)29-22-11-7-9-13-24(22)30(25-14-10-8-12-23(25)29)27-18(3)33(42)20(5)34(43)19(27)4/h7-14,40-47H,6,15H2,1-5H3/b37-26-,38-28-. The molecule has 0 spiro atoms. The van der Waals surface area contributed by atoms with Crippen LogP contribution in [0, 0.1) is 34.6 Å². The molecule has 0 fully saturated rings. The minimum absolute atomic E-state index is 0.0411. The summed E-state index contributed by atoms with van der Waals surface area (Å²) in [6, 6.07) is 14.4. The van der Waals surface area contributed by atoms with E-state index in [2.05, 4.69) is 6.58 Å². The van der Waals surface area contributed by atoms with Gasteiger partial charge in [0.25, 0.3) is 0 Å². The van der Waals surface area contributed by atoms with Crippen LogP contribution in [0.5, 0.6) is 23.0 Å². The number of aliphatic hydroxyl groups is 4. The van der Waals surface area contributed by atoms with E-state index in [-0.39, 0.29) is 45.0 Å². The Kier molecular flexibility index (Phi) is 8.39. The number of aliphatic hydroxyl groups excluding tert-OH is 4. The van der Waals surface area contributed by atoms with Crippen LogP contribution in [-0.4, -0.2) is 55.3 Å². The number of fused-ring (bicyclic) bond motifs is 2. The van der Waals surface area contributed by atoms with E-state index in [9.17, 15) is 40.9 Å². The minimum atomic E-state index is -0.955. The Hall–Kier alpha value is -5.54. The number of aromatic hydroxyl groups is 4. The Bertz CT molecular complexity index is 2110. The summed E-state index contributed by atoms with van der Waals surface area (Å²) in [4.78, 5) is 0. The zero-order valence-electron chi connectivity index (χ0n) is 26.7. The highest BCUT2D eigenvalue weighted by Gasteiger charge is 2.28. The van der Waals surface area contributed by atoms with Gasteiger partial charge < -0.3 is 40.9 Å². The number of hydrogen-bond donors (Lipinski definition) is 8. The highest BCUT2D eigenvalue weighted by Crippen LogP contribution is 2.49. The molecule has 0 unspecified atom stereocenters. The van der Waals surface area contributed by atoms with Gasteiger partial charge in [-0.15, -0.1) is 0 Å². The third kappa shape index (κ3) is 4.91. The van der Waals surface area contributed by atoms with Crippen molar-refractivity contribution >= 4 is 46.0 Å². The van der Waals surface area contributed by atoms with Gasteiger partial charge >= 0.3 is 0 Å². The Balaban J connectivity index is 1.96. The number of benzene rings is 5. The normalized spacial score (nSPS) is 12.7. The quantitative estimate of drug-likeness (QED) is 0.0323. The van der Waals surface area contributed by atoms with Crippen molar-refractivity contribution in [2.45, 2.75) is 34.6 Å². The summed E-state index contributed by atoms with van der Waals surface area (Å²) in [7, 11) is 6.13. The summed E-state index contributed by atoms with van der Waals surface area (Å²) < 4.78 is 0. The molecule has 9 heteroatoms. The molecule has 238 valence electrons. The van der Waals surface area contributed by atoms with Crippen LogP contribution in [0.15, 0.2) is 72.4 Å². The Morgan fingerprint density at radius 3 is 1.47 bits per heavy atom. The second-order valence-electron chi connectivity index (χ2n) is 11.7. The van der Waals surface area contributed by atoms with E-state index in [1.165, 1.54) is 13.8 Å². The van der Waals surface area contributed by atoms with E-state index in [0.717, 1.165) is 0 Å². The first kappa shape index (κ1) is 32.8. The molecule has 0 saturated carbocycles. The van der Waals surface area contributed by atoms with Gasteiger partial charge in [0.2, 0.25) is 0 Å². The third-order valence-corrected chi connectivity index (χ3v) is 9.13. The summed E-state index contributed by atoms with van der Waals surface area (Å²) in [5.74, 6) is -3.49. The smallest absolute Gasteiger partial charge is 0.169 e. The maximum absolute atomic E-state index is 11.7. The number of phenolic OH excluding ortho intramolecular Hbond substituents is 4. The summed E-state index contributed by atoms with van der Waals surface area (Å²) >= 11 is 0. The highest BCUT2D eigenvalue weighted by atomic mass is 16.3. The molecule has 5 aromatic rings. The Morgan fingerprint density at radius 2 is 1.02 bits per heavy atom. The number of rotatable bonds is 6. The molecule has 0 aliphatic heterocycles. The highest BCUT2D eigenvalue weighted by molar-refractivity contribution is 6.37. The molecule has 0 atom stereocenters. The van der Waals surface area contributed by atoms with Crippen LogP contribution in [0.25, 0.3) is 43.8 Å². The average Bonchev–Trinajstić information content (AvgIpc) is 3.06. The van der Waals surface area contributed by atoms with Crippen molar-refractivity contribution in [3.8, 4) is 34.1 Å². The van der Waals surface area contributed by atoms with Crippen molar-refractivity contribution in [2.75, 3.05) is 6.61 Å². The molecule has 0 heterocycles. The van der Waals surface area contributed by atoms with Gasteiger partial charge in [-0.2, -0.15) is 0 Å². The summed E-state index contributed by atoms with van der Waals surface area (Å²) in [6.45, 7) is 10.9. The maximum Gasteiger partial charge on any atom is 0.169 e.